The highest BCUT2D eigenvalue weighted by Crippen LogP contribution is 2.35. The standard InChI is InChI=1S/C29H25Cl2N3O6/c1-15(35)17-5-2-4-16(10-17)11-22(29(38)39)33-26(36)24-21(30)12-19-14-34(9-7-20(19)25(24)31)28(37)23-13-18-6-3-8-32-27(18)40-23/h2-6,8,10,12-13,15,22,35H,7,9,11,14H2,1H3,(H,33,36)(H,38,39)/t15-,22-/m0/s1. The van der Waals surface area contributed by atoms with E-state index in [9.17, 15) is 24.6 Å². The number of carbonyl (C=O) groups is 3. The van der Waals surface area contributed by atoms with Crippen LogP contribution in [0.3, 0.4) is 0 Å². The first-order valence-electron chi connectivity index (χ1n) is 12.6. The summed E-state index contributed by atoms with van der Waals surface area (Å²) in [6.45, 7) is 2.15. The van der Waals surface area contributed by atoms with Crippen molar-refractivity contribution in [2.75, 3.05) is 6.54 Å². The van der Waals surface area contributed by atoms with Crippen molar-refractivity contribution < 1.29 is 29.0 Å². The third-order valence-corrected chi connectivity index (χ3v) is 7.62. The molecule has 0 unspecified atom stereocenters. The predicted octanol–water partition coefficient (Wildman–Crippen LogP) is 4.81. The molecule has 2 aromatic carbocycles. The van der Waals surface area contributed by atoms with Gasteiger partial charge in [0.15, 0.2) is 5.76 Å². The molecule has 9 nitrogen and oxygen atoms in total. The number of amides is 2. The Morgan fingerprint density at radius 3 is 2.67 bits per heavy atom. The Morgan fingerprint density at radius 1 is 1.15 bits per heavy atom. The number of carboxylic acids is 1. The molecule has 3 N–H and O–H groups in total. The number of hydrogen-bond acceptors (Lipinski definition) is 6. The van der Waals surface area contributed by atoms with Gasteiger partial charge in [0.1, 0.15) is 6.04 Å². The smallest absolute Gasteiger partial charge is 0.326 e. The summed E-state index contributed by atoms with van der Waals surface area (Å²) in [7, 11) is 0. The van der Waals surface area contributed by atoms with E-state index >= 15 is 0 Å². The van der Waals surface area contributed by atoms with Crippen molar-refractivity contribution in [1.29, 1.82) is 0 Å². The third kappa shape index (κ3) is 5.54. The van der Waals surface area contributed by atoms with E-state index in [2.05, 4.69) is 10.3 Å². The molecule has 3 heterocycles. The van der Waals surface area contributed by atoms with Crippen LogP contribution in [0.5, 0.6) is 0 Å². The van der Waals surface area contributed by atoms with Crippen LogP contribution in [0, 0.1) is 0 Å². The minimum atomic E-state index is -1.26. The lowest BCUT2D eigenvalue weighted by Crippen LogP contribution is -2.42. The molecule has 40 heavy (non-hydrogen) atoms. The van der Waals surface area contributed by atoms with Gasteiger partial charge < -0.3 is 24.8 Å². The number of fused-ring (bicyclic) bond motifs is 2. The lowest BCUT2D eigenvalue weighted by Gasteiger charge is -2.30. The Balaban J connectivity index is 1.34. The summed E-state index contributed by atoms with van der Waals surface area (Å²) >= 11 is 13.1. The second-order valence-corrected chi connectivity index (χ2v) is 10.4. The SMILES string of the molecule is C[C@H](O)c1cccc(C[C@H](NC(=O)c2c(Cl)cc3c(c2Cl)CCN(C(=O)c2cc4cccnc4o2)C3)C(=O)O)c1. The second kappa shape index (κ2) is 11.3. The lowest BCUT2D eigenvalue weighted by molar-refractivity contribution is -0.139. The molecule has 0 aliphatic carbocycles. The number of aliphatic hydroxyl groups excluding tert-OH is 1. The van der Waals surface area contributed by atoms with Gasteiger partial charge in [-0.1, -0.05) is 47.5 Å². The van der Waals surface area contributed by atoms with E-state index < -0.39 is 24.0 Å². The van der Waals surface area contributed by atoms with Gasteiger partial charge in [0, 0.05) is 31.1 Å². The summed E-state index contributed by atoms with van der Waals surface area (Å²) in [6, 6.07) is 12.4. The van der Waals surface area contributed by atoms with Crippen LogP contribution in [0.2, 0.25) is 10.0 Å². The van der Waals surface area contributed by atoms with Gasteiger partial charge in [0.25, 0.3) is 11.8 Å². The summed E-state index contributed by atoms with van der Waals surface area (Å²) in [5.41, 5.74) is 2.99. The zero-order valence-electron chi connectivity index (χ0n) is 21.4. The Labute approximate surface area is 239 Å². The third-order valence-electron chi connectivity index (χ3n) is 6.90. The van der Waals surface area contributed by atoms with Gasteiger partial charge >= 0.3 is 5.97 Å². The first-order chi connectivity index (χ1) is 19.1. The number of benzene rings is 2. The van der Waals surface area contributed by atoms with Crippen LogP contribution in [-0.2, 0) is 24.2 Å². The number of nitrogens with one attached hydrogen (secondary N) is 1. The van der Waals surface area contributed by atoms with Crippen LogP contribution in [0.25, 0.3) is 11.1 Å². The number of aliphatic carboxylic acids is 1. The van der Waals surface area contributed by atoms with Crippen molar-refractivity contribution >= 4 is 52.1 Å². The van der Waals surface area contributed by atoms with Crippen LogP contribution in [0.4, 0.5) is 0 Å². The van der Waals surface area contributed by atoms with E-state index in [-0.39, 0.29) is 40.2 Å². The molecular formula is C29H25Cl2N3O6. The molecule has 2 atom stereocenters. The molecular weight excluding hydrogens is 557 g/mol. The maximum atomic E-state index is 13.2. The fourth-order valence-electron chi connectivity index (χ4n) is 4.81. The van der Waals surface area contributed by atoms with E-state index in [0.717, 1.165) is 5.39 Å². The number of halogens is 2. The van der Waals surface area contributed by atoms with Gasteiger partial charge in [0.2, 0.25) is 5.71 Å². The highest BCUT2D eigenvalue weighted by atomic mass is 35.5. The fourth-order valence-corrected chi connectivity index (χ4v) is 5.58. The number of furan rings is 1. The normalized spacial score (nSPS) is 14.4. The monoisotopic (exact) mass is 581 g/mol. The largest absolute Gasteiger partial charge is 0.480 e. The minimum absolute atomic E-state index is 0.00378. The highest BCUT2D eigenvalue weighted by molar-refractivity contribution is 6.40. The maximum Gasteiger partial charge on any atom is 0.326 e. The molecule has 0 saturated carbocycles. The molecule has 1 aliphatic rings. The van der Waals surface area contributed by atoms with E-state index in [0.29, 0.717) is 40.9 Å². The molecule has 0 saturated heterocycles. The number of pyridine rings is 1. The van der Waals surface area contributed by atoms with Crippen molar-refractivity contribution in [3.63, 3.8) is 0 Å². The van der Waals surface area contributed by atoms with Crippen molar-refractivity contribution in [2.24, 2.45) is 0 Å². The average Bonchev–Trinajstić information content (AvgIpc) is 3.36. The van der Waals surface area contributed by atoms with Gasteiger partial charge in [-0.15, -0.1) is 0 Å². The quantitative estimate of drug-likeness (QED) is 0.285. The van der Waals surface area contributed by atoms with Gasteiger partial charge in [-0.05, 0) is 59.9 Å². The second-order valence-electron chi connectivity index (χ2n) is 9.66. The summed E-state index contributed by atoms with van der Waals surface area (Å²) in [4.78, 5) is 44.1. The van der Waals surface area contributed by atoms with E-state index in [1.165, 1.54) is 0 Å². The lowest BCUT2D eigenvalue weighted by atomic mass is 9.96. The first kappa shape index (κ1) is 27.6. The molecule has 11 heteroatoms. The number of rotatable bonds is 7. The van der Waals surface area contributed by atoms with Crippen LogP contribution >= 0.6 is 23.2 Å². The Morgan fingerprint density at radius 2 is 1.95 bits per heavy atom. The number of aromatic nitrogens is 1. The number of carbonyl (C=O) groups excluding carboxylic acids is 2. The molecule has 5 rings (SSSR count). The Bertz CT molecular complexity index is 1600. The molecule has 0 radical (unpaired) electrons. The highest BCUT2D eigenvalue weighted by Gasteiger charge is 2.30. The number of aliphatic hydroxyl groups is 1. The van der Waals surface area contributed by atoms with Crippen molar-refractivity contribution in [3.05, 3.63) is 98.4 Å². The maximum absolute atomic E-state index is 13.2. The average molecular weight is 582 g/mol. The number of hydrogen-bond donors (Lipinski definition) is 3. The Hall–Kier alpha value is -3.92. The minimum Gasteiger partial charge on any atom is -0.480 e. The van der Waals surface area contributed by atoms with E-state index in [1.807, 2.05) is 6.07 Å². The molecule has 0 bridgehead atoms. The number of carboxylic acid groups (broad SMARTS) is 1. The molecule has 0 spiro atoms. The summed E-state index contributed by atoms with van der Waals surface area (Å²) < 4.78 is 5.62. The molecule has 206 valence electrons. The first-order valence-corrected chi connectivity index (χ1v) is 13.3. The van der Waals surface area contributed by atoms with Gasteiger partial charge in [-0.25, -0.2) is 9.78 Å². The van der Waals surface area contributed by atoms with Crippen molar-refractivity contribution in [3.8, 4) is 0 Å². The van der Waals surface area contributed by atoms with Crippen LogP contribution in [0.1, 0.15) is 56.2 Å². The summed E-state index contributed by atoms with van der Waals surface area (Å²) in [6.07, 6.45) is 1.23. The van der Waals surface area contributed by atoms with Gasteiger partial charge in [0.05, 0.1) is 21.7 Å². The van der Waals surface area contributed by atoms with E-state index in [4.69, 9.17) is 27.6 Å². The summed E-state index contributed by atoms with van der Waals surface area (Å²) in [5, 5.41) is 23.0. The molecule has 2 aromatic heterocycles. The number of nitrogens with zero attached hydrogens (tertiary/aromatic N) is 2. The zero-order valence-corrected chi connectivity index (χ0v) is 22.9. The van der Waals surface area contributed by atoms with Gasteiger partial charge in [-0.2, -0.15) is 0 Å². The molecule has 0 fully saturated rings. The van der Waals surface area contributed by atoms with Gasteiger partial charge in [-0.3, -0.25) is 9.59 Å². The Kier molecular flexibility index (Phi) is 7.80. The van der Waals surface area contributed by atoms with E-state index in [1.54, 1.807) is 60.5 Å². The topological polar surface area (TPSA) is 133 Å². The van der Waals surface area contributed by atoms with Crippen molar-refractivity contribution in [2.45, 2.75) is 38.5 Å². The zero-order chi connectivity index (χ0) is 28.6. The molecule has 2 amide bonds. The summed E-state index contributed by atoms with van der Waals surface area (Å²) in [5.74, 6) is -2.08. The van der Waals surface area contributed by atoms with Crippen LogP contribution in [0.15, 0.2) is 59.1 Å². The van der Waals surface area contributed by atoms with Crippen LogP contribution < -0.4 is 5.32 Å². The van der Waals surface area contributed by atoms with Crippen molar-refractivity contribution in [1.82, 2.24) is 15.2 Å². The fraction of sp³-hybridized carbons (Fsp3) is 0.241. The van der Waals surface area contributed by atoms with Crippen LogP contribution in [-0.4, -0.2) is 50.5 Å². The predicted molar refractivity (Wildman–Crippen MR) is 149 cm³/mol. The molecule has 1 aliphatic heterocycles. The molecule has 4 aromatic rings.